The summed E-state index contributed by atoms with van der Waals surface area (Å²) in [5.41, 5.74) is 1.14. The van der Waals surface area contributed by atoms with Crippen molar-refractivity contribution in [1.82, 2.24) is 9.97 Å². The third kappa shape index (κ3) is 4.25. The topological polar surface area (TPSA) is 81.3 Å². The number of aryl methyl sites for hydroxylation is 2. The van der Waals surface area contributed by atoms with E-state index in [4.69, 9.17) is 9.47 Å². The second-order valence-corrected chi connectivity index (χ2v) is 7.89. The van der Waals surface area contributed by atoms with Crippen molar-refractivity contribution in [2.75, 3.05) is 6.61 Å². The maximum Gasteiger partial charge on any atom is 0.338 e. The van der Waals surface area contributed by atoms with Gasteiger partial charge in [0.15, 0.2) is 11.9 Å². The van der Waals surface area contributed by atoms with E-state index in [1.807, 2.05) is 13.8 Å². The molecular formula is C21H24N2O4S. The highest BCUT2D eigenvalue weighted by molar-refractivity contribution is 7.18. The Labute approximate surface area is 167 Å². The number of ether oxygens (including phenoxy) is 2. The highest BCUT2D eigenvalue weighted by Gasteiger charge is 2.19. The third-order valence-electron chi connectivity index (χ3n) is 4.58. The molecule has 0 spiro atoms. The summed E-state index contributed by atoms with van der Waals surface area (Å²) < 4.78 is 11.1. The molecular weight excluding hydrogens is 376 g/mol. The van der Waals surface area contributed by atoms with Crippen LogP contribution in [0.5, 0.6) is 5.75 Å². The van der Waals surface area contributed by atoms with Crippen LogP contribution < -0.4 is 10.3 Å². The number of nitrogens with zero attached hydrogens (tertiary/aromatic N) is 1. The van der Waals surface area contributed by atoms with Crippen molar-refractivity contribution in [2.24, 2.45) is 0 Å². The molecule has 0 aliphatic heterocycles. The van der Waals surface area contributed by atoms with E-state index in [9.17, 15) is 9.59 Å². The summed E-state index contributed by atoms with van der Waals surface area (Å²) in [6.45, 7) is 8.31. The van der Waals surface area contributed by atoms with E-state index in [2.05, 4.69) is 16.9 Å². The Kier molecular flexibility index (Phi) is 6.14. The number of aromatic amines is 1. The first-order valence-electron chi connectivity index (χ1n) is 9.34. The number of esters is 1. The standard InChI is InChI=1S/C21H24N2O4S/c1-5-6-11-26-16-9-7-15(8-10-16)21(25)27-13(3)18-22-19(24)17-12(2)14(4)28-20(17)23-18/h7-10,13H,5-6,11H2,1-4H3,(H,22,23,24)/t13-/m1/s1. The minimum absolute atomic E-state index is 0.210. The van der Waals surface area contributed by atoms with Crippen LogP contribution in [-0.2, 0) is 4.74 Å². The van der Waals surface area contributed by atoms with E-state index in [-0.39, 0.29) is 5.56 Å². The van der Waals surface area contributed by atoms with Crippen LogP contribution in [0.25, 0.3) is 10.2 Å². The van der Waals surface area contributed by atoms with Gasteiger partial charge in [-0.3, -0.25) is 4.79 Å². The summed E-state index contributed by atoms with van der Waals surface area (Å²) in [5.74, 6) is 0.582. The predicted molar refractivity (Wildman–Crippen MR) is 110 cm³/mol. The summed E-state index contributed by atoms with van der Waals surface area (Å²) >= 11 is 1.46. The minimum Gasteiger partial charge on any atom is -0.494 e. The number of thiophene rings is 1. The highest BCUT2D eigenvalue weighted by atomic mass is 32.1. The molecule has 148 valence electrons. The average Bonchev–Trinajstić information content (AvgIpc) is 2.96. The van der Waals surface area contributed by atoms with Gasteiger partial charge in [0, 0.05) is 4.88 Å². The van der Waals surface area contributed by atoms with Gasteiger partial charge in [-0.15, -0.1) is 11.3 Å². The molecule has 2 aromatic heterocycles. The number of carbonyl (C=O) groups is 1. The Morgan fingerprint density at radius 3 is 2.64 bits per heavy atom. The summed E-state index contributed by atoms with van der Waals surface area (Å²) in [7, 11) is 0. The van der Waals surface area contributed by atoms with E-state index in [0.717, 1.165) is 29.0 Å². The summed E-state index contributed by atoms with van der Waals surface area (Å²) in [6.07, 6.45) is 1.38. The van der Waals surface area contributed by atoms with Crippen molar-refractivity contribution in [1.29, 1.82) is 0 Å². The number of benzene rings is 1. The lowest BCUT2D eigenvalue weighted by atomic mass is 10.2. The number of unbranched alkanes of at least 4 members (excludes halogenated alkanes) is 1. The molecule has 6 nitrogen and oxygen atoms in total. The summed E-state index contributed by atoms with van der Waals surface area (Å²) in [4.78, 5) is 33.8. The van der Waals surface area contributed by atoms with E-state index in [1.165, 1.54) is 11.3 Å². The number of aromatic nitrogens is 2. The van der Waals surface area contributed by atoms with Crippen LogP contribution in [0.4, 0.5) is 0 Å². The fourth-order valence-electron chi connectivity index (χ4n) is 2.77. The second-order valence-electron chi connectivity index (χ2n) is 6.69. The number of hydrogen-bond acceptors (Lipinski definition) is 6. The number of fused-ring (bicyclic) bond motifs is 1. The molecule has 1 aromatic carbocycles. The first-order valence-corrected chi connectivity index (χ1v) is 10.2. The molecule has 0 aliphatic carbocycles. The number of carbonyl (C=O) groups excluding carboxylic acids is 1. The maximum absolute atomic E-state index is 12.4. The van der Waals surface area contributed by atoms with Crippen LogP contribution in [0.3, 0.4) is 0 Å². The summed E-state index contributed by atoms with van der Waals surface area (Å²) in [6, 6.07) is 6.84. The Balaban J connectivity index is 1.72. The Bertz CT molecular complexity index is 1040. The molecule has 0 unspecified atom stereocenters. The van der Waals surface area contributed by atoms with Gasteiger partial charge in [-0.1, -0.05) is 13.3 Å². The van der Waals surface area contributed by atoms with Crippen LogP contribution in [0.15, 0.2) is 29.1 Å². The quantitative estimate of drug-likeness (QED) is 0.459. The predicted octanol–water partition coefficient (Wildman–Crippen LogP) is 4.70. The monoisotopic (exact) mass is 400 g/mol. The molecule has 0 bridgehead atoms. The van der Waals surface area contributed by atoms with E-state index in [1.54, 1.807) is 31.2 Å². The Morgan fingerprint density at radius 1 is 1.25 bits per heavy atom. The molecule has 0 saturated carbocycles. The maximum atomic E-state index is 12.4. The van der Waals surface area contributed by atoms with Crippen molar-refractivity contribution < 1.29 is 14.3 Å². The van der Waals surface area contributed by atoms with Crippen molar-refractivity contribution in [2.45, 2.75) is 46.6 Å². The number of rotatable bonds is 7. The smallest absolute Gasteiger partial charge is 0.338 e. The Hall–Kier alpha value is -2.67. The van der Waals surface area contributed by atoms with E-state index >= 15 is 0 Å². The third-order valence-corrected chi connectivity index (χ3v) is 5.68. The van der Waals surface area contributed by atoms with Crippen LogP contribution in [0.1, 0.15) is 59.4 Å². The average molecular weight is 401 g/mol. The van der Waals surface area contributed by atoms with Gasteiger partial charge in [0.2, 0.25) is 0 Å². The van der Waals surface area contributed by atoms with Gasteiger partial charge in [-0.2, -0.15) is 0 Å². The lowest BCUT2D eigenvalue weighted by Gasteiger charge is -2.13. The molecule has 3 rings (SSSR count). The number of nitrogens with one attached hydrogen (secondary N) is 1. The van der Waals surface area contributed by atoms with Gasteiger partial charge >= 0.3 is 5.97 Å². The normalized spacial score (nSPS) is 12.1. The second kappa shape index (κ2) is 8.56. The minimum atomic E-state index is -0.673. The van der Waals surface area contributed by atoms with Gasteiger partial charge in [-0.25, -0.2) is 9.78 Å². The van der Waals surface area contributed by atoms with E-state index in [0.29, 0.717) is 28.2 Å². The zero-order valence-corrected chi connectivity index (χ0v) is 17.3. The van der Waals surface area contributed by atoms with Crippen LogP contribution in [-0.4, -0.2) is 22.5 Å². The lowest BCUT2D eigenvalue weighted by Crippen LogP contribution is -2.17. The van der Waals surface area contributed by atoms with Crippen LogP contribution >= 0.6 is 11.3 Å². The molecule has 1 N–H and O–H groups in total. The fraction of sp³-hybridized carbons (Fsp3) is 0.381. The highest BCUT2D eigenvalue weighted by Crippen LogP contribution is 2.27. The van der Waals surface area contributed by atoms with E-state index < -0.39 is 12.1 Å². The SMILES string of the molecule is CCCCOc1ccc(C(=O)O[C@H](C)c2nc3sc(C)c(C)c3c(=O)[nH]2)cc1. The zero-order valence-electron chi connectivity index (χ0n) is 16.5. The van der Waals surface area contributed by atoms with Crippen molar-refractivity contribution in [3.8, 4) is 5.75 Å². The molecule has 0 aliphatic rings. The van der Waals surface area contributed by atoms with Crippen LogP contribution in [0.2, 0.25) is 0 Å². The first-order chi connectivity index (χ1) is 13.4. The van der Waals surface area contributed by atoms with Gasteiger partial charge in [0.05, 0.1) is 17.6 Å². The van der Waals surface area contributed by atoms with Gasteiger partial charge < -0.3 is 14.5 Å². The van der Waals surface area contributed by atoms with Gasteiger partial charge in [0.1, 0.15) is 10.6 Å². The molecule has 0 amide bonds. The largest absolute Gasteiger partial charge is 0.494 e. The van der Waals surface area contributed by atoms with Crippen LogP contribution in [0, 0.1) is 13.8 Å². The van der Waals surface area contributed by atoms with Gasteiger partial charge in [0.25, 0.3) is 5.56 Å². The van der Waals surface area contributed by atoms with Gasteiger partial charge in [-0.05, 0) is 57.0 Å². The van der Waals surface area contributed by atoms with Crippen molar-refractivity contribution in [3.05, 3.63) is 56.4 Å². The molecule has 2 heterocycles. The summed E-state index contributed by atoms with van der Waals surface area (Å²) in [5, 5.41) is 0.600. The fourth-order valence-corrected chi connectivity index (χ4v) is 3.81. The zero-order chi connectivity index (χ0) is 20.3. The van der Waals surface area contributed by atoms with Crippen molar-refractivity contribution in [3.63, 3.8) is 0 Å². The molecule has 1 atom stereocenters. The number of H-pyrrole nitrogens is 1. The number of hydrogen-bond donors (Lipinski definition) is 1. The molecule has 0 radical (unpaired) electrons. The molecule has 28 heavy (non-hydrogen) atoms. The molecule has 3 aromatic rings. The Morgan fingerprint density at radius 2 is 1.96 bits per heavy atom. The van der Waals surface area contributed by atoms with Crippen molar-refractivity contribution >= 4 is 27.5 Å². The molecule has 7 heteroatoms. The lowest BCUT2D eigenvalue weighted by molar-refractivity contribution is 0.0320. The molecule has 0 fully saturated rings. The molecule has 0 saturated heterocycles. The first kappa shape index (κ1) is 20.1.